The van der Waals surface area contributed by atoms with Crippen LogP contribution < -0.4 is 10.2 Å². The van der Waals surface area contributed by atoms with E-state index in [4.69, 9.17) is 0 Å². The van der Waals surface area contributed by atoms with Gasteiger partial charge in [0.1, 0.15) is 5.82 Å². The van der Waals surface area contributed by atoms with Crippen LogP contribution in [0.2, 0.25) is 0 Å². The van der Waals surface area contributed by atoms with Crippen LogP contribution in [0.1, 0.15) is 6.42 Å². The maximum atomic E-state index is 13.8. The van der Waals surface area contributed by atoms with Crippen molar-refractivity contribution in [1.82, 2.24) is 10.2 Å². The van der Waals surface area contributed by atoms with Gasteiger partial charge in [-0.15, -0.1) is 0 Å². The molecule has 21 heavy (non-hydrogen) atoms. The van der Waals surface area contributed by atoms with Crippen molar-refractivity contribution in [3.63, 3.8) is 0 Å². The molecule has 1 aromatic rings. The van der Waals surface area contributed by atoms with Crippen LogP contribution in [-0.2, 0) is 9.59 Å². The lowest BCUT2D eigenvalue weighted by Gasteiger charge is -2.29. The van der Waals surface area contributed by atoms with Gasteiger partial charge in [-0.3, -0.25) is 9.59 Å². The molecule has 2 aliphatic rings. The van der Waals surface area contributed by atoms with Crippen LogP contribution in [0, 0.1) is 11.7 Å². The Hall–Kier alpha value is -1.95. The van der Waals surface area contributed by atoms with E-state index in [-0.39, 0.29) is 36.4 Å². The first-order chi connectivity index (χ1) is 10.2. The molecule has 3 rings (SSSR count). The fourth-order valence-corrected chi connectivity index (χ4v) is 2.92. The molecule has 5 nitrogen and oxygen atoms in total. The van der Waals surface area contributed by atoms with Crippen LogP contribution in [0.3, 0.4) is 0 Å². The van der Waals surface area contributed by atoms with Crippen molar-refractivity contribution in [3.8, 4) is 0 Å². The fourth-order valence-electron chi connectivity index (χ4n) is 2.92. The molecule has 0 unspecified atom stereocenters. The van der Waals surface area contributed by atoms with E-state index in [0.717, 1.165) is 13.1 Å². The minimum absolute atomic E-state index is 0.00342. The second-order valence-electron chi connectivity index (χ2n) is 5.43. The molecule has 0 bridgehead atoms. The second kappa shape index (κ2) is 5.81. The zero-order chi connectivity index (χ0) is 14.8. The third-order valence-corrected chi connectivity index (χ3v) is 4.05. The Bertz CT molecular complexity index is 558. The molecular weight excluding hydrogens is 273 g/mol. The summed E-state index contributed by atoms with van der Waals surface area (Å²) < 4.78 is 13.8. The van der Waals surface area contributed by atoms with Gasteiger partial charge in [-0.25, -0.2) is 4.39 Å². The van der Waals surface area contributed by atoms with Gasteiger partial charge in [0.2, 0.25) is 11.8 Å². The Kier molecular flexibility index (Phi) is 3.88. The summed E-state index contributed by atoms with van der Waals surface area (Å²) in [6.45, 7) is 3.17. The molecule has 1 N–H and O–H groups in total. The molecule has 0 radical (unpaired) electrons. The number of rotatable bonds is 2. The molecule has 112 valence electrons. The second-order valence-corrected chi connectivity index (χ2v) is 5.43. The monoisotopic (exact) mass is 291 g/mol. The van der Waals surface area contributed by atoms with Crippen molar-refractivity contribution >= 4 is 17.5 Å². The van der Waals surface area contributed by atoms with Gasteiger partial charge in [0.25, 0.3) is 0 Å². The number of nitrogens with zero attached hydrogens (tertiary/aromatic N) is 2. The average Bonchev–Trinajstić information content (AvgIpc) is 2.90. The van der Waals surface area contributed by atoms with Gasteiger partial charge in [-0.2, -0.15) is 0 Å². The van der Waals surface area contributed by atoms with Gasteiger partial charge in [0.05, 0.1) is 11.6 Å². The number of piperazine rings is 1. The molecule has 6 heteroatoms. The maximum absolute atomic E-state index is 13.8. The van der Waals surface area contributed by atoms with Crippen LogP contribution in [-0.4, -0.2) is 49.4 Å². The van der Waals surface area contributed by atoms with Gasteiger partial charge >= 0.3 is 0 Å². The number of hydrogen-bond donors (Lipinski definition) is 1. The first kappa shape index (κ1) is 14.0. The number of halogens is 1. The standard InChI is InChI=1S/C15H18FN3O2/c16-12-3-1-2-4-13(12)19-10-11(9-14(19)20)15(21)18-7-5-17-6-8-18/h1-4,11,17H,5-10H2/t11-/m0/s1. The number of carbonyl (C=O) groups excluding carboxylic acids is 2. The number of hydrogen-bond acceptors (Lipinski definition) is 3. The lowest BCUT2D eigenvalue weighted by Crippen LogP contribution is -2.48. The van der Waals surface area contributed by atoms with E-state index in [1.54, 1.807) is 23.1 Å². The number of benzene rings is 1. The highest BCUT2D eigenvalue weighted by Crippen LogP contribution is 2.28. The van der Waals surface area contributed by atoms with Crippen molar-refractivity contribution in [2.24, 2.45) is 5.92 Å². The molecule has 2 fully saturated rings. The summed E-state index contributed by atoms with van der Waals surface area (Å²) in [7, 11) is 0. The summed E-state index contributed by atoms with van der Waals surface area (Å²) in [5, 5.41) is 3.19. The van der Waals surface area contributed by atoms with E-state index in [2.05, 4.69) is 5.32 Å². The third-order valence-electron chi connectivity index (χ3n) is 4.05. The van der Waals surface area contributed by atoms with Crippen LogP contribution in [0.25, 0.3) is 0 Å². The van der Waals surface area contributed by atoms with E-state index >= 15 is 0 Å². The largest absolute Gasteiger partial charge is 0.340 e. The molecular formula is C15H18FN3O2. The molecule has 1 atom stereocenters. The smallest absolute Gasteiger partial charge is 0.228 e. The van der Waals surface area contributed by atoms with E-state index in [9.17, 15) is 14.0 Å². The van der Waals surface area contributed by atoms with Gasteiger partial charge < -0.3 is 15.1 Å². The summed E-state index contributed by atoms with van der Waals surface area (Å²) >= 11 is 0. The van der Waals surface area contributed by atoms with Crippen LogP contribution in [0.15, 0.2) is 24.3 Å². The lowest BCUT2D eigenvalue weighted by molar-refractivity contribution is -0.136. The Labute approximate surface area is 122 Å². The molecule has 2 saturated heterocycles. The van der Waals surface area contributed by atoms with Crippen molar-refractivity contribution in [3.05, 3.63) is 30.1 Å². The Morgan fingerprint density at radius 2 is 1.95 bits per heavy atom. The molecule has 2 heterocycles. The highest BCUT2D eigenvalue weighted by Gasteiger charge is 2.38. The quantitative estimate of drug-likeness (QED) is 0.868. The van der Waals surface area contributed by atoms with Crippen LogP contribution in [0.5, 0.6) is 0 Å². The number of carbonyl (C=O) groups is 2. The third kappa shape index (κ3) is 2.76. The van der Waals surface area contributed by atoms with Crippen molar-refractivity contribution in [1.29, 1.82) is 0 Å². The Morgan fingerprint density at radius 3 is 2.67 bits per heavy atom. The maximum Gasteiger partial charge on any atom is 0.228 e. The predicted molar refractivity (Wildman–Crippen MR) is 76.3 cm³/mol. The summed E-state index contributed by atoms with van der Waals surface area (Å²) in [6.07, 6.45) is 0.164. The van der Waals surface area contributed by atoms with Crippen molar-refractivity contribution < 1.29 is 14.0 Å². The highest BCUT2D eigenvalue weighted by atomic mass is 19.1. The average molecular weight is 291 g/mol. The normalized spacial score (nSPS) is 22.7. The molecule has 0 aromatic heterocycles. The zero-order valence-corrected chi connectivity index (χ0v) is 11.7. The lowest BCUT2D eigenvalue weighted by atomic mass is 10.1. The number of amides is 2. The summed E-state index contributed by atoms with van der Waals surface area (Å²) in [6, 6.07) is 6.18. The van der Waals surface area contributed by atoms with Gasteiger partial charge in [-0.1, -0.05) is 12.1 Å². The SMILES string of the molecule is O=C([C@H]1CC(=O)N(c2ccccc2F)C1)N1CCNCC1. The number of anilines is 1. The van der Waals surface area contributed by atoms with Gasteiger partial charge in [-0.05, 0) is 12.1 Å². The molecule has 2 amide bonds. The highest BCUT2D eigenvalue weighted by molar-refractivity contribution is 6.00. The molecule has 2 aliphatic heterocycles. The molecule has 0 aliphatic carbocycles. The molecule has 0 saturated carbocycles. The Morgan fingerprint density at radius 1 is 1.24 bits per heavy atom. The van der Waals surface area contributed by atoms with Crippen molar-refractivity contribution in [2.75, 3.05) is 37.6 Å². The fraction of sp³-hybridized carbons (Fsp3) is 0.467. The minimum atomic E-state index is -0.430. The topological polar surface area (TPSA) is 52.7 Å². The Balaban J connectivity index is 1.72. The van der Waals surface area contributed by atoms with E-state index in [0.29, 0.717) is 13.1 Å². The number of para-hydroxylation sites is 1. The van der Waals surface area contributed by atoms with Crippen LogP contribution in [0.4, 0.5) is 10.1 Å². The molecule has 0 spiro atoms. The summed E-state index contributed by atoms with van der Waals surface area (Å²) in [4.78, 5) is 27.7. The van der Waals surface area contributed by atoms with Gasteiger partial charge in [0.15, 0.2) is 0 Å². The van der Waals surface area contributed by atoms with Gasteiger partial charge in [0, 0.05) is 39.1 Å². The van der Waals surface area contributed by atoms with E-state index in [1.165, 1.54) is 11.0 Å². The van der Waals surface area contributed by atoms with E-state index in [1.807, 2.05) is 0 Å². The van der Waals surface area contributed by atoms with Crippen LogP contribution >= 0.6 is 0 Å². The zero-order valence-electron chi connectivity index (χ0n) is 11.7. The summed E-state index contributed by atoms with van der Waals surface area (Å²) in [5.74, 6) is -0.978. The molecule has 1 aromatic carbocycles. The predicted octanol–water partition coefficient (Wildman–Crippen LogP) is 0.610. The van der Waals surface area contributed by atoms with Crippen molar-refractivity contribution in [2.45, 2.75) is 6.42 Å². The van der Waals surface area contributed by atoms with E-state index < -0.39 is 5.82 Å². The first-order valence-electron chi connectivity index (χ1n) is 7.21. The number of nitrogens with one attached hydrogen (secondary N) is 1. The minimum Gasteiger partial charge on any atom is -0.340 e. The first-order valence-corrected chi connectivity index (χ1v) is 7.21. The summed E-state index contributed by atoms with van der Waals surface area (Å²) in [5.41, 5.74) is 0.262.